The minimum Gasteiger partial charge on any atom is -0.353 e. The zero-order valence-electron chi connectivity index (χ0n) is 16.4. The van der Waals surface area contributed by atoms with Crippen LogP contribution < -0.4 is 10.2 Å². The molecule has 0 spiro atoms. The fraction of sp³-hybridized carbons (Fsp3) is 0.455. The average Bonchev–Trinajstić information content (AvgIpc) is 3.32. The molecule has 6 heteroatoms. The molecule has 0 bridgehead atoms. The topological polar surface area (TPSA) is 52.7 Å². The number of amides is 2. The number of carbonyl (C=O) groups excluding carboxylic acids is 2. The van der Waals surface area contributed by atoms with Crippen molar-refractivity contribution in [2.75, 3.05) is 25.0 Å². The van der Waals surface area contributed by atoms with Crippen molar-refractivity contribution in [3.8, 4) is 0 Å². The molecule has 1 N–H and O–H groups in total. The first kappa shape index (κ1) is 19.2. The number of carbonyl (C=O) groups is 2. The normalized spacial score (nSPS) is 23.9. The Balaban J connectivity index is 1.58. The van der Waals surface area contributed by atoms with E-state index in [2.05, 4.69) is 17.3 Å². The standard InChI is InChI=1S/C22H27N3O2S/c1-15-5-7-17(8-6-15)25-20(26)14-18(21(25)19-4-3-13-28-19)22(27)23-16-9-11-24(2)12-10-16/h3-8,13,16,18,21H,9-12,14H2,1-2H3,(H,23,27)/t18-,21-/m0/s1. The largest absolute Gasteiger partial charge is 0.353 e. The maximum atomic E-state index is 13.2. The molecule has 0 saturated carbocycles. The van der Waals surface area contributed by atoms with Crippen molar-refractivity contribution < 1.29 is 9.59 Å². The van der Waals surface area contributed by atoms with Gasteiger partial charge in [-0.2, -0.15) is 0 Å². The van der Waals surface area contributed by atoms with E-state index < -0.39 is 0 Å². The lowest BCUT2D eigenvalue weighted by molar-refractivity contribution is -0.127. The van der Waals surface area contributed by atoms with Crippen LogP contribution in [0, 0.1) is 12.8 Å². The van der Waals surface area contributed by atoms with Crippen molar-refractivity contribution in [3.05, 3.63) is 52.2 Å². The summed E-state index contributed by atoms with van der Waals surface area (Å²) in [7, 11) is 2.11. The van der Waals surface area contributed by atoms with Gasteiger partial charge in [0.2, 0.25) is 11.8 Å². The second kappa shape index (κ2) is 8.05. The van der Waals surface area contributed by atoms with Gasteiger partial charge in [0.05, 0.1) is 12.0 Å². The van der Waals surface area contributed by atoms with Gasteiger partial charge in [0.15, 0.2) is 0 Å². The van der Waals surface area contributed by atoms with Crippen molar-refractivity contribution in [1.82, 2.24) is 10.2 Å². The summed E-state index contributed by atoms with van der Waals surface area (Å²) < 4.78 is 0. The van der Waals surface area contributed by atoms with Crippen LogP contribution in [0.3, 0.4) is 0 Å². The molecular weight excluding hydrogens is 370 g/mol. The minimum absolute atomic E-state index is 0.0101. The van der Waals surface area contributed by atoms with Gasteiger partial charge in [0.25, 0.3) is 0 Å². The fourth-order valence-corrected chi connectivity index (χ4v) is 5.11. The van der Waals surface area contributed by atoms with Gasteiger partial charge in [-0.05, 0) is 63.5 Å². The molecule has 2 aliphatic rings. The molecule has 0 radical (unpaired) electrons. The van der Waals surface area contributed by atoms with Gasteiger partial charge in [-0.15, -0.1) is 11.3 Å². The van der Waals surface area contributed by atoms with Gasteiger partial charge in [-0.3, -0.25) is 9.59 Å². The summed E-state index contributed by atoms with van der Waals surface area (Å²) in [5.41, 5.74) is 2.02. The van der Waals surface area contributed by atoms with E-state index >= 15 is 0 Å². The Morgan fingerprint density at radius 3 is 2.50 bits per heavy atom. The lowest BCUT2D eigenvalue weighted by Crippen LogP contribution is -2.46. The number of benzene rings is 1. The van der Waals surface area contributed by atoms with Gasteiger partial charge in [-0.1, -0.05) is 23.8 Å². The lowest BCUT2D eigenvalue weighted by Gasteiger charge is -2.31. The van der Waals surface area contributed by atoms with E-state index in [4.69, 9.17) is 0 Å². The van der Waals surface area contributed by atoms with E-state index in [1.165, 1.54) is 0 Å². The molecule has 1 aromatic heterocycles. The van der Waals surface area contributed by atoms with Crippen LogP contribution in [-0.4, -0.2) is 42.9 Å². The highest BCUT2D eigenvalue weighted by atomic mass is 32.1. The first-order valence-electron chi connectivity index (χ1n) is 9.94. The summed E-state index contributed by atoms with van der Waals surface area (Å²) in [5, 5.41) is 5.25. The van der Waals surface area contributed by atoms with E-state index in [1.54, 1.807) is 11.3 Å². The highest BCUT2D eigenvalue weighted by Crippen LogP contribution is 2.43. The van der Waals surface area contributed by atoms with E-state index in [1.807, 2.05) is 53.6 Å². The number of hydrogen-bond acceptors (Lipinski definition) is 4. The third-order valence-electron chi connectivity index (χ3n) is 5.87. The Bertz CT molecular complexity index is 826. The van der Waals surface area contributed by atoms with E-state index in [0.717, 1.165) is 42.1 Å². The molecule has 1 aromatic carbocycles. The van der Waals surface area contributed by atoms with Crippen LogP contribution in [0.15, 0.2) is 41.8 Å². The van der Waals surface area contributed by atoms with Crippen molar-refractivity contribution >= 4 is 28.8 Å². The predicted octanol–water partition coefficient (Wildman–Crippen LogP) is 3.36. The highest BCUT2D eigenvalue weighted by molar-refractivity contribution is 7.10. The molecule has 2 amide bonds. The molecular formula is C22H27N3O2S. The number of thiophene rings is 1. The maximum Gasteiger partial charge on any atom is 0.228 e. The summed E-state index contributed by atoms with van der Waals surface area (Å²) in [5.74, 6) is -0.325. The van der Waals surface area contributed by atoms with Crippen molar-refractivity contribution in [2.45, 2.75) is 38.3 Å². The number of hydrogen-bond donors (Lipinski definition) is 1. The van der Waals surface area contributed by atoms with E-state index in [-0.39, 0.29) is 36.2 Å². The zero-order chi connectivity index (χ0) is 19.7. The number of anilines is 1. The van der Waals surface area contributed by atoms with Gasteiger partial charge < -0.3 is 15.1 Å². The number of rotatable bonds is 4. The Labute approximate surface area is 170 Å². The molecule has 2 aliphatic heterocycles. The Morgan fingerprint density at radius 1 is 1.14 bits per heavy atom. The summed E-state index contributed by atoms with van der Waals surface area (Å²) in [6, 6.07) is 12.0. The quantitative estimate of drug-likeness (QED) is 0.861. The van der Waals surface area contributed by atoms with Crippen LogP contribution in [-0.2, 0) is 9.59 Å². The van der Waals surface area contributed by atoms with Crippen LogP contribution in [0.2, 0.25) is 0 Å². The number of nitrogens with one attached hydrogen (secondary N) is 1. The molecule has 148 valence electrons. The molecule has 2 atom stereocenters. The fourth-order valence-electron chi connectivity index (χ4n) is 4.23. The predicted molar refractivity (Wildman–Crippen MR) is 112 cm³/mol. The van der Waals surface area contributed by atoms with Crippen molar-refractivity contribution in [1.29, 1.82) is 0 Å². The summed E-state index contributed by atoms with van der Waals surface area (Å²) in [6.45, 7) is 4.03. The SMILES string of the molecule is Cc1ccc(N2C(=O)C[C@H](C(=O)NC3CCN(C)CC3)[C@H]2c2cccs2)cc1. The molecule has 2 fully saturated rings. The van der Waals surface area contributed by atoms with Crippen LogP contribution in [0.1, 0.15) is 35.7 Å². The minimum atomic E-state index is -0.355. The molecule has 0 aliphatic carbocycles. The Hall–Kier alpha value is -2.18. The molecule has 3 heterocycles. The highest BCUT2D eigenvalue weighted by Gasteiger charge is 2.46. The van der Waals surface area contributed by atoms with Crippen LogP contribution in [0.25, 0.3) is 0 Å². The van der Waals surface area contributed by atoms with Crippen LogP contribution in [0.4, 0.5) is 5.69 Å². The number of aryl methyl sites for hydroxylation is 1. The summed E-state index contributed by atoms with van der Waals surface area (Å²) >= 11 is 1.61. The first-order valence-corrected chi connectivity index (χ1v) is 10.8. The molecule has 5 nitrogen and oxygen atoms in total. The monoisotopic (exact) mass is 397 g/mol. The van der Waals surface area contributed by atoms with Crippen molar-refractivity contribution in [2.24, 2.45) is 5.92 Å². The lowest BCUT2D eigenvalue weighted by atomic mass is 9.96. The summed E-state index contributed by atoms with van der Waals surface area (Å²) in [4.78, 5) is 31.3. The van der Waals surface area contributed by atoms with Gasteiger partial charge in [0, 0.05) is 23.0 Å². The molecule has 4 rings (SSSR count). The van der Waals surface area contributed by atoms with E-state index in [9.17, 15) is 9.59 Å². The Kier molecular flexibility index (Phi) is 5.51. The first-order chi connectivity index (χ1) is 13.5. The molecule has 2 saturated heterocycles. The smallest absolute Gasteiger partial charge is 0.228 e. The zero-order valence-corrected chi connectivity index (χ0v) is 17.2. The second-order valence-corrected chi connectivity index (χ2v) is 8.94. The number of piperidine rings is 1. The molecule has 0 unspecified atom stereocenters. The molecule has 2 aromatic rings. The van der Waals surface area contributed by atoms with Gasteiger partial charge >= 0.3 is 0 Å². The van der Waals surface area contributed by atoms with Crippen molar-refractivity contribution in [3.63, 3.8) is 0 Å². The number of nitrogens with zero attached hydrogens (tertiary/aromatic N) is 2. The van der Waals surface area contributed by atoms with Crippen LogP contribution in [0.5, 0.6) is 0 Å². The van der Waals surface area contributed by atoms with Gasteiger partial charge in [-0.25, -0.2) is 0 Å². The third-order valence-corrected chi connectivity index (χ3v) is 6.81. The van der Waals surface area contributed by atoms with Crippen LogP contribution >= 0.6 is 11.3 Å². The average molecular weight is 398 g/mol. The second-order valence-electron chi connectivity index (χ2n) is 7.96. The maximum absolute atomic E-state index is 13.2. The number of likely N-dealkylation sites (tertiary alicyclic amines) is 1. The summed E-state index contributed by atoms with van der Waals surface area (Å²) in [6.07, 6.45) is 2.19. The van der Waals surface area contributed by atoms with E-state index in [0.29, 0.717) is 0 Å². The third kappa shape index (κ3) is 3.84. The molecule has 28 heavy (non-hydrogen) atoms. The van der Waals surface area contributed by atoms with Gasteiger partial charge in [0.1, 0.15) is 0 Å². The Morgan fingerprint density at radius 2 is 1.86 bits per heavy atom.